The second kappa shape index (κ2) is 8.44. The molecule has 0 aliphatic rings. The van der Waals surface area contributed by atoms with Gasteiger partial charge < -0.3 is 0 Å². The molecule has 4 aromatic rings. The molecule has 0 atom stereocenters. The van der Waals surface area contributed by atoms with E-state index in [1.54, 1.807) is 24.5 Å². The summed E-state index contributed by atoms with van der Waals surface area (Å²) in [7, 11) is 0. The molecule has 0 saturated carbocycles. The number of nitrogens with zero attached hydrogens (tertiary/aromatic N) is 3. The summed E-state index contributed by atoms with van der Waals surface area (Å²) >= 11 is 0. The summed E-state index contributed by atoms with van der Waals surface area (Å²) in [5.41, 5.74) is 3.81. The number of ketones is 1. The van der Waals surface area contributed by atoms with Crippen molar-refractivity contribution in [2.75, 3.05) is 0 Å². The van der Waals surface area contributed by atoms with Gasteiger partial charge in [0.15, 0.2) is 5.78 Å². The van der Waals surface area contributed by atoms with Crippen LogP contribution in [0.5, 0.6) is 0 Å². The van der Waals surface area contributed by atoms with Gasteiger partial charge in [0.05, 0.1) is 6.54 Å². The zero-order valence-corrected chi connectivity index (χ0v) is 15.6. The molecule has 4 rings (SSSR count). The molecule has 0 aliphatic carbocycles. The van der Waals surface area contributed by atoms with E-state index in [0.29, 0.717) is 12.1 Å². The minimum Gasteiger partial charge on any atom is -0.289 e. The third-order valence-corrected chi connectivity index (χ3v) is 4.44. The minimum absolute atomic E-state index is 0.266. The Balaban J connectivity index is 1.66. The SMILES string of the molecule is O=C(/C=C/c1cn(Cc2ccccc2)nc1-c1cccnc1)c1cccc(F)c1. The van der Waals surface area contributed by atoms with Gasteiger partial charge in [0.25, 0.3) is 0 Å². The predicted octanol–water partition coefficient (Wildman–Crippen LogP) is 5.03. The average Bonchev–Trinajstić information content (AvgIpc) is 3.16. The maximum absolute atomic E-state index is 13.4. The van der Waals surface area contributed by atoms with Crippen molar-refractivity contribution in [3.63, 3.8) is 0 Å². The van der Waals surface area contributed by atoms with E-state index in [-0.39, 0.29) is 5.78 Å². The van der Waals surface area contributed by atoms with Gasteiger partial charge >= 0.3 is 0 Å². The fourth-order valence-corrected chi connectivity index (χ4v) is 3.04. The highest BCUT2D eigenvalue weighted by Crippen LogP contribution is 2.23. The van der Waals surface area contributed by atoms with E-state index in [1.165, 1.54) is 24.3 Å². The molecule has 5 heteroatoms. The fourth-order valence-electron chi connectivity index (χ4n) is 3.04. The van der Waals surface area contributed by atoms with Crippen molar-refractivity contribution in [1.29, 1.82) is 0 Å². The van der Waals surface area contributed by atoms with Crippen LogP contribution in [0.25, 0.3) is 17.3 Å². The molecule has 29 heavy (non-hydrogen) atoms. The Morgan fingerprint density at radius 3 is 2.66 bits per heavy atom. The summed E-state index contributed by atoms with van der Waals surface area (Å²) in [6.45, 7) is 0.611. The van der Waals surface area contributed by atoms with Crippen molar-refractivity contribution < 1.29 is 9.18 Å². The Labute approximate surface area is 168 Å². The number of benzene rings is 2. The first-order valence-corrected chi connectivity index (χ1v) is 9.19. The molecule has 0 saturated heterocycles. The van der Waals surface area contributed by atoms with Gasteiger partial charge in [-0.15, -0.1) is 0 Å². The molecule has 0 radical (unpaired) electrons. The number of hydrogen-bond acceptors (Lipinski definition) is 3. The molecule has 0 N–H and O–H groups in total. The lowest BCUT2D eigenvalue weighted by Crippen LogP contribution is -2.00. The molecule has 2 aromatic carbocycles. The van der Waals surface area contributed by atoms with E-state index in [9.17, 15) is 9.18 Å². The van der Waals surface area contributed by atoms with Crippen LogP contribution in [0.3, 0.4) is 0 Å². The number of rotatable bonds is 6. The molecule has 142 valence electrons. The van der Waals surface area contributed by atoms with Gasteiger partial charge in [-0.3, -0.25) is 14.5 Å². The number of allylic oxidation sites excluding steroid dienone is 1. The highest BCUT2D eigenvalue weighted by molar-refractivity contribution is 6.07. The van der Waals surface area contributed by atoms with Crippen molar-refractivity contribution in [2.24, 2.45) is 0 Å². The number of aromatic nitrogens is 3. The number of halogens is 1. The van der Waals surface area contributed by atoms with E-state index in [2.05, 4.69) is 4.98 Å². The first-order chi connectivity index (χ1) is 14.2. The molecule has 0 fully saturated rings. The normalized spacial score (nSPS) is 11.1. The van der Waals surface area contributed by atoms with Crippen LogP contribution in [0.2, 0.25) is 0 Å². The Morgan fingerprint density at radius 2 is 1.90 bits per heavy atom. The van der Waals surface area contributed by atoms with Crippen LogP contribution < -0.4 is 0 Å². The summed E-state index contributed by atoms with van der Waals surface area (Å²) in [4.78, 5) is 16.6. The average molecular weight is 383 g/mol. The Kier molecular flexibility index (Phi) is 5.38. The molecule has 4 nitrogen and oxygen atoms in total. The number of carbonyl (C=O) groups is 1. The molecule has 0 unspecified atom stereocenters. The number of pyridine rings is 1. The summed E-state index contributed by atoms with van der Waals surface area (Å²) < 4.78 is 15.2. The van der Waals surface area contributed by atoms with Gasteiger partial charge in [0.2, 0.25) is 0 Å². The summed E-state index contributed by atoms with van der Waals surface area (Å²) in [6.07, 6.45) is 8.49. The highest BCUT2D eigenvalue weighted by atomic mass is 19.1. The van der Waals surface area contributed by atoms with Gasteiger partial charge in [-0.1, -0.05) is 42.5 Å². The van der Waals surface area contributed by atoms with Crippen molar-refractivity contribution in [2.45, 2.75) is 6.54 Å². The number of hydrogen-bond donors (Lipinski definition) is 0. The summed E-state index contributed by atoms with van der Waals surface area (Å²) in [5, 5.41) is 4.69. The molecule has 0 aliphatic heterocycles. The monoisotopic (exact) mass is 383 g/mol. The van der Waals surface area contributed by atoms with Crippen LogP contribution >= 0.6 is 0 Å². The summed E-state index contributed by atoms with van der Waals surface area (Å²) in [5.74, 6) is -0.701. The zero-order chi connectivity index (χ0) is 20.1. The Hall–Kier alpha value is -3.86. The van der Waals surface area contributed by atoms with E-state index < -0.39 is 5.82 Å². The van der Waals surface area contributed by atoms with Crippen LogP contribution in [0.15, 0.2) is 91.4 Å². The van der Waals surface area contributed by atoms with E-state index in [0.717, 1.165) is 22.4 Å². The minimum atomic E-state index is -0.434. The fraction of sp³-hybridized carbons (Fsp3) is 0.0417. The van der Waals surface area contributed by atoms with Gasteiger partial charge in [-0.25, -0.2) is 4.39 Å². The van der Waals surface area contributed by atoms with Crippen molar-refractivity contribution in [3.8, 4) is 11.3 Å². The summed E-state index contributed by atoms with van der Waals surface area (Å²) in [6, 6.07) is 19.4. The molecule has 0 bridgehead atoms. The standard InChI is InChI=1S/C24H18FN3O/c25-22-10-4-8-19(14-22)23(29)12-11-21-17-28(16-18-6-2-1-3-7-18)27-24(21)20-9-5-13-26-15-20/h1-15,17H,16H2/b12-11+. The lowest BCUT2D eigenvalue weighted by atomic mass is 10.1. The van der Waals surface area contributed by atoms with Crippen molar-refractivity contribution in [1.82, 2.24) is 14.8 Å². The third kappa shape index (κ3) is 4.52. The molecule has 0 spiro atoms. The largest absolute Gasteiger partial charge is 0.289 e. The first kappa shape index (κ1) is 18.5. The second-order valence-corrected chi connectivity index (χ2v) is 6.57. The predicted molar refractivity (Wildman–Crippen MR) is 111 cm³/mol. The lowest BCUT2D eigenvalue weighted by Gasteiger charge is -2.01. The zero-order valence-electron chi connectivity index (χ0n) is 15.6. The van der Waals surface area contributed by atoms with E-state index in [1.807, 2.05) is 53.3 Å². The quantitative estimate of drug-likeness (QED) is 0.347. The first-order valence-electron chi connectivity index (χ1n) is 9.19. The topological polar surface area (TPSA) is 47.8 Å². The van der Waals surface area contributed by atoms with Gasteiger partial charge in [0, 0.05) is 35.3 Å². The van der Waals surface area contributed by atoms with E-state index in [4.69, 9.17) is 5.10 Å². The maximum Gasteiger partial charge on any atom is 0.185 e. The lowest BCUT2D eigenvalue weighted by molar-refractivity contribution is 0.104. The van der Waals surface area contributed by atoms with Crippen LogP contribution in [-0.4, -0.2) is 20.5 Å². The highest BCUT2D eigenvalue weighted by Gasteiger charge is 2.11. The van der Waals surface area contributed by atoms with Gasteiger partial charge in [-0.2, -0.15) is 5.10 Å². The van der Waals surface area contributed by atoms with Crippen LogP contribution in [0.4, 0.5) is 4.39 Å². The van der Waals surface area contributed by atoms with Gasteiger partial charge in [-0.05, 0) is 42.0 Å². The smallest absolute Gasteiger partial charge is 0.185 e. The molecular weight excluding hydrogens is 365 g/mol. The van der Waals surface area contributed by atoms with E-state index >= 15 is 0 Å². The number of carbonyl (C=O) groups excluding carboxylic acids is 1. The van der Waals surface area contributed by atoms with Crippen LogP contribution in [-0.2, 0) is 6.54 Å². The van der Waals surface area contributed by atoms with Crippen LogP contribution in [0.1, 0.15) is 21.5 Å². The molecule has 2 aromatic heterocycles. The van der Waals surface area contributed by atoms with Crippen molar-refractivity contribution >= 4 is 11.9 Å². The Morgan fingerprint density at radius 1 is 1.03 bits per heavy atom. The van der Waals surface area contributed by atoms with Crippen molar-refractivity contribution in [3.05, 3.63) is 114 Å². The van der Waals surface area contributed by atoms with Crippen LogP contribution in [0, 0.1) is 5.82 Å². The maximum atomic E-state index is 13.4. The molecular formula is C24H18FN3O. The third-order valence-electron chi connectivity index (χ3n) is 4.44. The Bertz CT molecular complexity index is 1150. The second-order valence-electron chi connectivity index (χ2n) is 6.57. The molecule has 2 heterocycles. The van der Waals surface area contributed by atoms with Gasteiger partial charge in [0.1, 0.15) is 11.5 Å². The molecule has 0 amide bonds.